The minimum absolute atomic E-state index is 0.0580. The van der Waals surface area contributed by atoms with Gasteiger partial charge < -0.3 is 9.52 Å². The van der Waals surface area contributed by atoms with Gasteiger partial charge in [0.25, 0.3) is 0 Å². The van der Waals surface area contributed by atoms with Gasteiger partial charge in [0.2, 0.25) is 10.0 Å². The van der Waals surface area contributed by atoms with E-state index in [2.05, 4.69) is 6.58 Å². The van der Waals surface area contributed by atoms with Crippen molar-refractivity contribution in [2.24, 2.45) is 0 Å². The Labute approximate surface area is 166 Å². The van der Waals surface area contributed by atoms with Gasteiger partial charge in [0, 0.05) is 29.1 Å². The van der Waals surface area contributed by atoms with Crippen LogP contribution in [0.15, 0.2) is 47.4 Å². The number of carboxylic acids is 1. The third-order valence-corrected chi connectivity index (χ3v) is 6.20. The van der Waals surface area contributed by atoms with Gasteiger partial charge in [-0.15, -0.1) is 0 Å². The Bertz CT molecular complexity index is 1260. The molecule has 1 aliphatic rings. The fourth-order valence-electron chi connectivity index (χ4n) is 3.67. The zero-order valence-electron chi connectivity index (χ0n) is 15.6. The Kier molecular flexibility index (Phi) is 4.46. The van der Waals surface area contributed by atoms with Crippen molar-refractivity contribution < 1.29 is 27.1 Å². The van der Waals surface area contributed by atoms with E-state index in [0.717, 1.165) is 11.8 Å². The van der Waals surface area contributed by atoms with E-state index in [9.17, 15) is 22.7 Å². The Morgan fingerprint density at radius 3 is 2.55 bits per heavy atom. The molecule has 0 unspecified atom stereocenters. The van der Waals surface area contributed by atoms with Crippen molar-refractivity contribution in [3.05, 3.63) is 59.9 Å². The first kappa shape index (κ1) is 19.2. The number of aromatic carboxylic acids is 1. The van der Waals surface area contributed by atoms with Crippen molar-refractivity contribution in [1.82, 2.24) is 0 Å². The number of furan rings is 1. The second kappa shape index (κ2) is 6.73. The summed E-state index contributed by atoms with van der Waals surface area (Å²) in [5.74, 6) is -1.56. The summed E-state index contributed by atoms with van der Waals surface area (Å²) in [5.41, 5.74) is 2.32. The molecule has 0 saturated carbocycles. The first-order valence-electron chi connectivity index (χ1n) is 8.92. The SMILES string of the molecule is C=C1CCCN(S(C)(=O)=O)c2cc3oc(-c4ccc(F)cc4)c(C(=O)O)c3cc21. The highest BCUT2D eigenvalue weighted by Crippen LogP contribution is 2.41. The van der Waals surface area contributed by atoms with E-state index in [4.69, 9.17) is 4.42 Å². The quantitative estimate of drug-likeness (QED) is 0.680. The highest BCUT2D eigenvalue weighted by atomic mass is 32.2. The molecule has 0 aliphatic carbocycles. The zero-order chi connectivity index (χ0) is 20.9. The molecule has 8 heteroatoms. The lowest BCUT2D eigenvalue weighted by Crippen LogP contribution is -2.30. The van der Waals surface area contributed by atoms with E-state index in [1.807, 2.05) is 0 Å². The van der Waals surface area contributed by atoms with Gasteiger partial charge in [-0.3, -0.25) is 4.31 Å². The standard InChI is InChI=1S/C21H18FNO5S/c1-12-4-3-9-23(29(2,26)27)17-11-18-16(10-15(12)17)19(21(24)25)20(28-18)13-5-7-14(22)8-6-13/h5-8,10-11H,1,3-4,9H2,2H3,(H,24,25). The van der Waals surface area contributed by atoms with Crippen molar-refractivity contribution in [1.29, 1.82) is 0 Å². The maximum Gasteiger partial charge on any atom is 0.340 e. The molecule has 0 radical (unpaired) electrons. The molecule has 0 saturated heterocycles. The fraction of sp³-hybridized carbons (Fsp3) is 0.190. The van der Waals surface area contributed by atoms with Crippen LogP contribution in [0.3, 0.4) is 0 Å². The molecule has 0 atom stereocenters. The number of nitrogens with zero attached hydrogens (tertiary/aromatic N) is 1. The number of allylic oxidation sites excluding steroid dienone is 1. The van der Waals surface area contributed by atoms with Crippen LogP contribution >= 0.6 is 0 Å². The molecule has 0 spiro atoms. The van der Waals surface area contributed by atoms with Crippen molar-refractivity contribution in [3.63, 3.8) is 0 Å². The Hall–Kier alpha value is -3.13. The smallest absolute Gasteiger partial charge is 0.340 e. The van der Waals surface area contributed by atoms with E-state index in [1.54, 1.807) is 12.1 Å². The molecule has 1 N–H and O–H groups in total. The van der Waals surface area contributed by atoms with Crippen molar-refractivity contribution in [2.75, 3.05) is 17.1 Å². The zero-order valence-corrected chi connectivity index (χ0v) is 16.4. The van der Waals surface area contributed by atoms with Crippen molar-refractivity contribution in [3.8, 4) is 11.3 Å². The third kappa shape index (κ3) is 3.29. The number of fused-ring (bicyclic) bond motifs is 2. The van der Waals surface area contributed by atoms with Gasteiger partial charge in [-0.05, 0) is 48.7 Å². The number of halogens is 1. The predicted molar refractivity (Wildman–Crippen MR) is 109 cm³/mol. The largest absolute Gasteiger partial charge is 0.478 e. The average molecular weight is 415 g/mol. The number of sulfonamides is 1. The van der Waals surface area contributed by atoms with Gasteiger partial charge in [-0.2, -0.15) is 0 Å². The maximum absolute atomic E-state index is 13.3. The summed E-state index contributed by atoms with van der Waals surface area (Å²) in [5, 5.41) is 10.2. The van der Waals surface area contributed by atoms with E-state index < -0.39 is 21.8 Å². The highest BCUT2D eigenvalue weighted by Gasteiger charge is 2.28. The van der Waals surface area contributed by atoms with Gasteiger partial charge in [0.15, 0.2) is 0 Å². The number of benzene rings is 2. The number of hydrogen-bond donors (Lipinski definition) is 1. The molecule has 3 aromatic rings. The van der Waals surface area contributed by atoms with Crippen LogP contribution in [-0.2, 0) is 10.0 Å². The first-order valence-corrected chi connectivity index (χ1v) is 10.8. The maximum atomic E-state index is 13.3. The lowest BCUT2D eigenvalue weighted by Gasteiger charge is -2.22. The first-order chi connectivity index (χ1) is 13.7. The molecule has 2 heterocycles. The second-order valence-corrected chi connectivity index (χ2v) is 8.93. The summed E-state index contributed by atoms with van der Waals surface area (Å²) < 4.78 is 45.0. The minimum atomic E-state index is -3.54. The molecule has 150 valence electrons. The third-order valence-electron chi connectivity index (χ3n) is 5.02. The number of hydrogen-bond acceptors (Lipinski definition) is 4. The molecule has 29 heavy (non-hydrogen) atoms. The summed E-state index contributed by atoms with van der Waals surface area (Å²) in [7, 11) is -3.54. The highest BCUT2D eigenvalue weighted by molar-refractivity contribution is 7.92. The molecular formula is C21H18FNO5S. The molecule has 0 amide bonds. The lowest BCUT2D eigenvalue weighted by molar-refractivity contribution is 0.0699. The topological polar surface area (TPSA) is 87.8 Å². The van der Waals surface area contributed by atoms with Gasteiger partial charge in [0.1, 0.15) is 22.7 Å². The van der Waals surface area contributed by atoms with E-state index in [-0.39, 0.29) is 16.9 Å². The Morgan fingerprint density at radius 2 is 1.93 bits per heavy atom. The van der Waals surface area contributed by atoms with Gasteiger partial charge >= 0.3 is 5.97 Å². The molecule has 6 nitrogen and oxygen atoms in total. The van der Waals surface area contributed by atoms with Crippen molar-refractivity contribution in [2.45, 2.75) is 12.8 Å². The van der Waals surface area contributed by atoms with Crippen LogP contribution in [-0.4, -0.2) is 32.3 Å². The minimum Gasteiger partial charge on any atom is -0.478 e. The van der Waals surface area contributed by atoms with Crippen LogP contribution in [0.5, 0.6) is 0 Å². The lowest BCUT2D eigenvalue weighted by atomic mass is 9.98. The number of carbonyl (C=O) groups is 1. The van der Waals surface area contributed by atoms with Gasteiger partial charge in [-0.1, -0.05) is 6.58 Å². The van der Waals surface area contributed by atoms with Crippen LogP contribution in [0.4, 0.5) is 10.1 Å². The number of carboxylic acid groups (broad SMARTS) is 1. The summed E-state index contributed by atoms with van der Waals surface area (Å²) in [4.78, 5) is 12.0. The van der Waals surface area contributed by atoms with Gasteiger partial charge in [-0.25, -0.2) is 17.6 Å². The summed E-state index contributed by atoms with van der Waals surface area (Å²) in [6.07, 6.45) is 2.33. The van der Waals surface area contributed by atoms with Crippen molar-refractivity contribution >= 4 is 38.2 Å². The molecule has 0 fully saturated rings. The molecular weight excluding hydrogens is 397 g/mol. The van der Waals surface area contributed by atoms with Crippen LogP contribution < -0.4 is 4.31 Å². The summed E-state index contributed by atoms with van der Waals surface area (Å²) in [6.45, 7) is 4.35. The average Bonchev–Trinajstić information content (AvgIpc) is 2.93. The van der Waals surface area contributed by atoms with Crippen LogP contribution in [0.2, 0.25) is 0 Å². The van der Waals surface area contributed by atoms with Gasteiger partial charge in [0.05, 0.1) is 11.9 Å². The van der Waals surface area contributed by atoms with Crippen LogP contribution in [0.25, 0.3) is 27.9 Å². The van der Waals surface area contributed by atoms with E-state index >= 15 is 0 Å². The molecule has 4 rings (SSSR count). The summed E-state index contributed by atoms with van der Waals surface area (Å²) in [6, 6.07) is 8.48. The molecule has 2 aromatic carbocycles. The molecule has 1 aromatic heterocycles. The second-order valence-electron chi connectivity index (χ2n) is 7.03. The van der Waals surface area contributed by atoms with Crippen LogP contribution in [0.1, 0.15) is 28.8 Å². The van der Waals surface area contributed by atoms with E-state index in [0.29, 0.717) is 41.6 Å². The monoisotopic (exact) mass is 415 g/mol. The summed E-state index contributed by atoms with van der Waals surface area (Å²) >= 11 is 0. The molecule has 0 bridgehead atoms. The van der Waals surface area contributed by atoms with Crippen LogP contribution in [0, 0.1) is 5.82 Å². The number of rotatable bonds is 3. The number of anilines is 1. The predicted octanol–water partition coefficient (Wildman–Crippen LogP) is 4.51. The van der Waals surface area contributed by atoms with E-state index in [1.165, 1.54) is 28.6 Å². The fourth-order valence-corrected chi connectivity index (χ4v) is 4.64. The normalized spacial score (nSPS) is 14.7. The Morgan fingerprint density at radius 1 is 1.24 bits per heavy atom. The molecule has 1 aliphatic heterocycles. The Balaban J connectivity index is 2.03.